The van der Waals surface area contributed by atoms with Crippen molar-refractivity contribution in [2.75, 3.05) is 13.2 Å². The molecule has 1 atom stereocenters. The average molecular weight is 377 g/mol. The molecule has 4 aliphatic rings. The first-order chi connectivity index (χ1) is 12.2. The largest absolute Gasteiger partial charge is 0.490 e. The smallest absolute Gasteiger partial charge is 0.128 e. The lowest BCUT2D eigenvalue weighted by Crippen LogP contribution is -2.59. The molecular formula is C21H29ClN2O2. The van der Waals surface area contributed by atoms with E-state index >= 15 is 0 Å². The van der Waals surface area contributed by atoms with Crippen molar-refractivity contribution >= 4 is 23.3 Å². The first-order valence-electron chi connectivity index (χ1n) is 9.81. The van der Waals surface area contributed by atoms with Crippen LogP contribution in [0.2, 0.25) is 0 Å². The van der Waals surface area contributed by atoms with Crippen molar-refractivity contribution in [3.8, 4) is 5.75 Å². The van der Waals surface area contributed by atoms with Crippen molar-refractivity contribution in [1.29, 1.82) is 0 Å². The van der Waals surface area contributed by atoms with Crippen LogP contribution in [0.15, 0.2) is 30.5 Å². The second-order valence-corrected chi connectivity index (χ2v) is 8.74. The Hall–Kier alpha value is -1.23. The minimum atomic E-state index is -0.470. The Morgan fingerprint density at radius 2 is 1.81 bits per heavy atom. The maximum atomic E-state index is 10.4. The van der Waals surface area contributed by atoms with Gasteiger partial charge in [0.2, 0.25) is 0 Å². The highest BCUT2D eigenvalue weighted by Gasteiger charge is 2.50. The zero-order valence-electron chi connectivity index (χ0n) is 15.1. The van der Waals surface area contributed by atoms with E-state index in [0.29, 0.717) is 18.7 Å². The fourth-order valence-corrected chi connectivity index (χ4v) is 6.09. The predicted octanol–water partition coefficient (Wildman–Crippen LogP) is 3.89. The van der Waals surface area contributed by atoms with Crippen LogP contribution in [0.25, 0.3) is 10.9 Å². The number of H-pyrrole nitrogens is 1. The number of fused-ring (bicyclic) bond motifs is 1. The van der Waals surface area contributed by atoms with Crippen LogP contribution in [0.3, 0.4) is 0 Å². The zero-order valence-corrected chi connectivity index (χ0v) is 15.9. The van der Waals surface area contributed by atoms with Gasteiger partial charge in [-0.2, -0.15) is 0 Å². The number of nitrogens with one attached hydrogen (secondary N) is 2. The monoisotopic (exact) mass is 376 g/mol. The van der Waals surface area contributed by atoms with Crippen LogP contribution in [-0.4, -0.2) is 34.9 Å². The summed E-state index contributed by atoms with van der Waals surface area (Å²) >= 11 is 0. The highest BCUT2D eigenvalue weighted by molar-refractivity contribution is 5.86. The molecule has 1 aromatic carbocycles. The third-order valence-electron chi connectivity index (χ3n) is 6.74. The van der Waals surface area contributed by atoms with Crippen molar-refractivity contribution in [2.45, 2.75) is 50.2 Å². The lowest BCUT2D eigenvalue weighted by molar-refractivity contribution is -0.0266. The summed E-state index contributed by atoms with van der Waals surface area (Å²) in [6, 6.07) is 8.00. The molecule has 3 N–H and O–H groups in total. The van der Waals surface area contributed by atoms with Crippen LogP contribution in [0.1, 0.15) is 38.5 Å². The van der Waals surface area contributed by atoms with Crippen LogP contribution >= 0.6 is 12.4 Å². The number of aromatic amines is 1. The van der Waals surface area contributed by atoms with Crippen molar-refractivity contribution in [3.63, 3.8) is 0 Å². The van der Waals surface area contributed by atoms with E-state index in [-0.39, 0.29) is 12.4 Å². The Morgan fingerprint density at radius 3 is 2.50 bits per heavy atom. The summed E-state index contributed by atoms with van der Waals surface area (Å²) in [5, 5.41) is 15.3. The minimum absolute atomic E-state index is 0. The number of hydrogen-bond acceptors (Lipinski definition) is 3. The molecule has 0 saturated heterocycles. The highest BCUT2D eigenvalue weighted by atomic mass is 35.5. The number of aromatic nitrogens is 1. The van der Waals surface area contributed by atoms with Crippen LogP contribution < -0.4 is 10.1 Å². The van der Waals surface area contributed by atoms with E-state index in [1.807, 2.05) is 30.5 Å². The summed E-state index contributed by atoms with van der Waals surface area (Å²) in [7, 11) is 0. The van der Waals surface area contributed by atoms with Crippen LogP contribution in [0, 0.1) is 17.8 Å². The molecule has 6 rings (SSSR count). The van der Waals surface area contributed by atoms with E-state index in [4.69, 9.17) is 4.74 Å². The van der Waals surface area contributed by atoms with E-state index in [2.05, 4.69) is 10.3 Å². The summed E-state index contributed by atoms with van der Waals surface area (Å²) < 4.78 is 5.90. The molecule has 0 aliphatic heterocycles. The van der Waals surface area contributed by atoms with Gasteiger partial charge in [-0.25, -0.2) is 0 Å². The molecule has 142 valence electrons. The Morgan fingerprint density at radius 1 is 1.12 bits per heavy atom. The summed E-state index contributed by atoms with van der Waals surface area (Å²) in [4.78, 5) is 3.19. The molecule has 4 saturated carbocycles. The molecule has 4 fully saturated rings. The molecule has 1 aromatic heterocycles. The quantitative estimate of drug-likeness (QED) is 0.716. The number of aliphatic hydroxyl groups excluding tert-OH is 1. The maximum Gasteiger partial charge on any atom is 0.128 e. The van der Waals surface area contributed by atoms with E-state index in [9.17, 15) is 5.11 Å². The third kappa shape index (κ3) is 3.35. The fraction of sp³-hybridized carbons (Fsp3) is 0.619. The van der Waals surface area contributed by atoms with E-state index < -0.39 is 6.10 Å². The number of rotatable bonds is 6. The molecule has 4 bridgehead atoms. The minimum Gasteiger partial charge on any atom is -0.490 e. The average Bonchev–Trinajstić information content (AvgIpc) is 3.06. The Kier molecular flexibility index (Phi) is 4.93. The van der Waals surface area contributed by atoms with Gasteiger partial charge < -0.3 is 20.1 Å². The molecule has 2 aromatic rings. The molecule has 5 heteroatoms. The zero-order chi connectivity index (χ0) is 16.9. The lowest BCUT2D eigenvalue weighted by Gasteiger charge is -2.57. The van der Waals surface area contributed by atoms with Crippen molar-refractivity contribution in [3.05, 3.63) is 30.5 Å². The van der Waals surface area contributed by atoms with E-state index in [0.717, 1.165) is 34.4 Å². The number of aliphatic hydroxyl groups is 1. The fourth-order valence-electron chi connectivity index (χ4n) is 6.09. The number of benzene rings is 1. The first-order valence-corrected chi connectivity index (χ1v) is 9.81. The molecule has 0 amide bonds. The van der Waals surface area contributed by atoms with E-state index in [1.54, 1.807) is 0 Å². The SMILES string of the molecule is Cl.OC(CNC12CC3CC(CC(C3)C1)C2)COc1cccc2[nH]ccc12. The van der Waals surface area contributed by atoms with Gasteiger partial charge in [-0.1, -0.05) is 6.07 Å². The third-order valence-corrected chi connectivity index (χ3v) is 6.74. The number of halogens is 1. The van der Waals surface area contributed by atoms with Gasteiger partial charge in [-0.3, -0.25) is 0 Å². The van der Waals surface area contributed by atoms with Gasteiger partial charge in [0.25, 0.3) is 0 Å². The molecule has 0 spiro atoms. The van der Waals surface area contributed by atoms with Crippen LogP contribution in [0.5, 0.6) is 5.75 Å². The predicted molar refractivity (Wildman–Crippen MR) is 106 cm³/mol. The first kappa shape index (κ1) is 18.1. The van der Waals surface area contributed by atoms with Gasteiger partial charge in [0.1, 0.15) is 18.5 Å². The number of hydrogen-bond donors (Lipinski definition) is 3. The Balaban J connectivity index is 0.00000168. The van der Waals surface area contributed by atoms with Gasteiger partial charge in [0, 0.05) is 29.2 Å². The standard InChI is InChI=1S/C21H28N2O2.ClH/c24-17(13-25-20-3-1-2-19-18(20)4-5-22-19)12-23-21-9-14-6-15(10-21)8-16(7-14)11-21;/h1-5,14-17,22-24H,6-13H2;1H. The molecule has 4 aliphatic carbocycles. The topological polar surface area (TPSA) is 57.3 Å². The van der Waals surface area contributed by atoms with Crippen molar-refractivity contribution in [1.82, 2.24) is 10.3 Å². The summed E-state index contributed by atoms with van der Waals surface area (Å²) in [5.41, 5.74) is 1.37. The molecule has 26 heavy (non-hydrogen) atoms. The maximum absolute atomic E-state index is 10.4. The number of ether oxygens (including phenoxy) is 1. The molecular weight excluding hydrogens is 348 g/mol. The van der Waals surface area contributed by atoms with Gasteiger partial charge >= 0.3 is 0 Å². The molecule has 1 unspecified atom stereocenters. The van der Waals surface area contributed by atoms with Crippen LogP contribution in [0.4, 0.5) is 0 Å². The Bertz CT molecular complexity index is 724. The molecule has 1 heterocycles. The highest BCUT2D eigenvalue weighted by Crippen LogP contribution is 2.55. The second kappa shape index (κ2) is 7.06. The van der Waals surface area contributed by atoms with Gasteiger partial charge in [0.05, 0.1) is 0 Å². The number of β-amino-alcohol motifs (C(OH)–C–C–N with tert-alkyl or cyclic N) is 1. The normalized spacial score (nSPS) is 33.2. The van der Waals surface area contributed by atoms with Gasteiger partial charge in [-0.15, -0.1) is 12.4 Å². The van der Waals surface area contributed by atoms with Gasteiger partial charge in [0.15, 0.2) is 0 Å². The molecule has 0 radical (unpaired) electrons. The van der Waals surface area contributed by atoms with E-state index in [1.165, 1.54) is 38.5 Å². The summed E-state index contributed by atoms with van der Waals surface area (Å²) in [6.07, 6.45) is 9.75. The lowest BCUT2D eigenvalue weighted by atomic mass is 9.53. The summed E-state index contributed by atoms with van der Waals surface area (Å²) in [5.74, 6) is 3.63. The van der Waals surface area contributed by atoms with Crippen molar-refractivity contribution in [2.24, 2.45) is 17.8 Å². The summed E-state index contributed by atoms with van der Waals surface area (Å²) in [6.45, 7) is 0.971. The van der Waals surface area contributed by atoms with Crippen LogP contribution in [-0.2, 0) is 0 Å². The van der Waals surface area contributed by atoms with Crippen molar-refractivity contribution < 1.29 is 9.84 Å². The second-order valence-electron chi connectivity index (χ2n) is 8.74. The van der Waals surface area contributed by atoms with Gasteiger partial charge in [-0.05, 0) is 74.5 Å². The Labute approximate surface area is 161 Å². The molecule has 4 nitrogen and oxygen atoms in total.